The van der Waals surface area contributed by atoms with E-state index >= 15 is 0 Å². The van der Waals surface area contributed by atoms with Crippen LogP contribution in [0, 0.1) is 11.8 Å². The number of nitrogens with two attached hydrogens (primary N) is 1. The molecule has 0 saturated carbocycles. The molecule has 0 aromatic rings. The van der Waals surface area contributed by atoms with Gasteiger partial charge in [0.1, 0.15) is 0 Å². The first-order chi connectivity index (χ1) is 8.73. The van der Waals surface area contributed by atoms with Gasteiger partial charge in [0.05, 0.1) is 12.7 Å². The lowest BCUT2D eigenvalue weighted by atomic mass is 9.80. The fraction of sp³-hybridized carbons (Fsp3) is 1.00. The highest BCUT2D eigenvalue weighted by atomic mass is 16.5. The molecule has 2 N–H and O–H groups in total. The predicted octanol–water partition coefficient (Wildman–Crippen LogP) is 3.13. The molecule has 0 amide bonds. The average Bonchev–Trinajstić information content (AvgIpc) is 2.25. The van der Waals surface area contributed by atoms with E-state index in [1.807, 2.05) is 0 Å². The lowest BCUT2D eigenvalue weighted by molar-refractivity contribution is 0.0200. The summed E-state index contributed by atoms with van der Waals surface area (Å²) in [5.41, 5.74) is 6.27. The van der Waals surface area contributed by atoms with Crippen LogP contribution in [0.15, 0.2) is 0 Å². The molecule has 0 atom stereocenters. The van der Waals surface area contributed by atoms with Crippen molar-refractivity contribution in [2.24, 2.45) is 17.6 Å². The molecule has 19 heavy (non-hydrogen) atoms. The third-order valence-corrected chi connectivity index (χ3v) is 3.64. The van der Waals surface area contributed by atoms with Crippen LogP contribution in [0.25, 0.3) is 0 Å². The van der Waals surface area contributed by atoms with Gasteiger partial charge in [-0.05, 0) is 45.6 Å². The molecule has 0 aliphatic rings. The quantitative estimate of drug-likeness (QED) is 0.664. The zero-order valence-corrected chi connectivity index (χ0v) is 14.2. The highest BCUT2D eigenvalue weighted by molar-refractivity contribution is 4.92. The van der Waals surface area contributed by atoms with Crippen LogP contribution in [0.3, 0.4) is 0 Å². The van der Waals surface area contributed by atoms with Crippen LogP contribution < -0.4 is 5.73 Å². The molecular formula is C16H36N2O. The van der Waals surface area contributed by atoms with E-state index in [1.54, 1.807) is 0 Å². The van der Waals surface area contributed by atoms with Crippen molar-refractivity contribution in [1.82, 2.24) is 4.90 Å². The van der Waals surface area contributed by atoms with Gasteiger partial charge in [0.25, 0.3) is 0 Å². The summed E-state index contributed by atoms with van der Waals surface area (Å²) < 4.78 is 5.68. The molecule has 0 aliphatic carbocycles. The maximum atomic E-state index is 6.15. The molecule has 0 saturated heterocycles. The number of nitrogens with zero attached hydrogens (tertiary/aromatic N) is 1. The summed E-state index contributed by atoms with van der Waals surface area (Å²) in [7, 11) is 2.20. The number of likely N-dealkylation sites (N-methyl/N-ethyl adjacent to an activating group) is 1. The first-order valence-electron chi connectivity index (χ1n) is 7.76. The maximum absolute atomic E-state index is 6.15. The topological polar surface area (TPSA) is 38.5 Å². The van der Waals surface area contributed by atoms with Crippen LogP contribution in [0.5, 0.6) is 0 Å². The van der Waals surface area contributed by atoms with Gasteiger partial charge in [0.15, 0.2) is 0 Å². The fourth-order valence-electron chi connectivity index (χ4n) is 2.90. The SMILES string of the molecule is CC(C)CC(CN)(CC(C)C)N(C)CCOC(C)C. The average molecular weight is 272 g/mol. The predicted molar refractivity (Wildman–Crippen MR) is 84.4 cm³/mol. The Hall–Kier alpha value is -0.120. The second-order valence-corrected chi connectivity index (χ2v) is 6.97. The van der Waals surface area contributed by atoms with E-state index in [0.29, 0.717) is 17.9 Å². The first-order valence-corrected chi connectivity index (χ1v) is 7.76. The Balaban J connectivity index is 4.68. The first kappa shape index (κ1) is 18.9. The number of ether oxygens (including phenoxy) is 1. The highest BCUT2D eigenvalue weighted by Gasteiger charge is 2.34. The van der Waals surface area contributed by atoms with Crippen molar-refractivity contribution in [3.05, 3.63) is 0 Å². The molecule has 116 valence electrons. The summed E-state index contributed by atoms with van der Waals surface area (Å²) in [5.74, 6) is 1.33. The summed E-state index contributed by atoms with van der Waals surface area (Å²) in [6.07, 6.45) is 2.61. The Morgan fingerprint density at radius 1 is 1.00 bits per heavy atom. The van der Waals surface area contributed by atoms with Gasteiger partial charge in [-0.15, -0.1) is 0 Å². The largest absolute Gasteiger partial charge is 0.377 e. The third kappa shape index (κ3) is 7.28. The molecular weight excluding hydrogens is 236 g/mol. The van der Waals surface area contributed by atoms with Crippen molar-refractivity contribution in [3.8, 4) is 0 Å². The summed E-state index contributed by atoms with van der Waals surface area (Å²) in [6, 6.07) is 0. The maximum Gasteiger partial charge on any atom is 0.0597 e. The molecule has 3 nitrogen and oxygen atoms in total. The molecule has 0 aliphatic heterocycles. The van der Waals surface area contributed by atoms with Crippen LogP contribution in [-0.4, -0.2) is 43.3 Å². The molecule has 0 bridgehead atoms. The van der Waals surface area contributed by atoms with E-state index in [-0.39, 0.29) is 5.54 Å². The molecule has 0 spiro atoms. The normalized spacial score (nSPS) is 13.3. The second kappa shape index (κ2) is 8.93. The van der Waals surface area contributed by atoms with Crippen LogP contribution in [0.1, 0.15) is 54.4 Å². The Kier molecular flexibility index (Phi) is 8.88. The highest BCUT2D eigenvalue weighted by Crippen LogP contribution is 2.29. The molecule has 3 heteroatoms. The van der Waals surface area contributed by atoms with Crippen LogP contribution in [0.2, 0.25) is 0 Å². The molecule has 0 unspecified atom stereocenters. The standard InChI is InChI=1S/C16H36N2O/c1-13(2)10-16(12-17,11-14(3)4)18(7)8-9-19-15(5)6/h13-15H,8-12,17H2,1-7H3. The molecule has 0 aromatic heterocycles. The zero-order valence-electron chi connectivity index (χ0n) is 14.2. The summed E-state index contributed by atoms with van der Waals surface area (Å²) in [5, 5.41) is 0. The molecule has 0 rings (SSSR count). The molecule has 0 fully saturated rings. The van der Waals surface area contributed by atoms with Crippen LogP contribution >= 0.6 is 0 Å². The number of rotatable bonds is 10. The van der Waals surface area contributed by atoms with E-state index in [4.69, 9.17) is 10.5 Å². The lowest BCUT2D eigenvalue weighted by Gasteiger charge is -2.44. The van der Waals surface area contributed by atoms with Crippen molar-refractivity contribution in [2.75, 3.05) is 26.7 Å². The smallest absolute Gasteiger partial charge is 0.0597 e. The van der Waals surface area contributed by atoms with Crippen molar-refractivity contribution in [2.45, 2.75) is 66.0 Å². The minimum Gasteiger partial charge on any atom is -0.377 e. The van der Waals surface area contributed by atoms with Crippen LogP contribution in [0.4, 0.5) is 0 Å². The monoisotopic (exact) mass is 272 g/mol. The third-order valence-electron chi connectivity index (χ3n) is 3.64. The summed E-state index contributed by atoms with van der Waals surface area (Å²) in [6.45, 7) is 15.7. The molecule has 0 radical (unpaired) electrons. The van der Waals surface area contributed by atoms with Crippen molar-refractivity contribution >= 4 is 0 Å². The van der Waals surface area contributed by atoms with E-state index in [1.165, 1.54) is 0 Å². The summed E-state index contributed by atoms with van der Waals surface area (Å²) in [4.78, 5) is 2.43. The zero-order chi connectivity index (χ0) is 15.1. The van der Waals surface area contributed by atoms with Crippen LogP contribution in [-0.2, 0) is 4.74 Å². The number of hydrogen-bond acceptors (Lipinski definition) is 3. The minimum atomic E-state index is 0.114. The summed E-state index contributed by atoms with van der Waals surface area (Å²) >= 11 is 0. The Labute approximate surface area is 120 Å². The number of hydrogen-bond donors (Lipinski definition) is 1. The Bertz CT molecular complexity index is 217. The second-order valence-electron chi connectivity index (χ2n) is 6.97. The van der Waals surface area contributed by atoms with E-state index < -0.39 is 0 Å². The molecule has 0 heterocycles. The lowest BCUT2D eigenvalue weighted by Crippen LogP contribution is -2.54. The van der Waals surface area contributed by atoms with Gasteiger partial charge in [-0.3, -0.25) is 4.90 Å². The van der Waals surface area contributed by atoms with Gasteiger partial charge in [-0.1, -0.05) is 27.7 Å². The van der Waals surface area contributed by atoms with Gasteiger partial charge in [0.2, 0.25) is 0 Å². The van der Waals surface area contributed by atoms with E-state index in [2.05, 4.69) is 53.5 Å². The van der Waals surface area contributed by atoms with Crippen molar-refractivity contribution < 1.29 is 4.74 Å². The minimum absolute atomic E-state index is 0.114. The van der Waals surface area contributed by atoms with Gasteiger partial charge in [-0.2, -0.15) is 0 Å². The van der Waals surface area contributed by atoms with E-state index in [9.17, 15) is 0 Å². The van der Waals surface area contributed by atoms with Gasteiger partial charge < -0.3 is 10.5 Å². The van der Waals surface area contributed by atoms with Crippen molar-refractivity contribution in [3.63, 3.8) is 0 Å². The van der Waals surface area contributed by atoms with Gasteiger partial charge >= 0.3 is 0 Å². The fourth-order valence-corrected chi connectivity index (χ4v) is 2.90. The van der Waals surface area contributed by atoms with Gasteiger partial charge in [0, 0.05) is 18.6 Å². The van der Waals surface area contributed by atoms with Crippen molar-refractivity contribution in [1.29, 1.82) is 0 Å². The Morgan fingerprint density at radius 2 is 1.47 bits per heavy atom. The Morgan fingerprint density at radius 3 is 1.79 bits per heavy atom. The van der Waals surface area contributed by atoms with Gasteiger partial charge in [-0.25, -0.2) is 0 Å². The molecule has 0 aromatic carbocycles. The van der Waals surface area contributed by atoms with E-state index in [0.717, 1.165) is 32.5 Å².